The first kappa shape index (κ1) is 20.7. The van der Waals surface area contributed by atoms with Gasteiger partial charge in [-0.2, -0.15) is 0 Å². The topological polar surface area (TPSA) is 85.4 Å². The summed E-state index contributed by atoms with van der Waals surface area (Å²) in [6, 6.07) is 16.0. The Morgan fingerprint density at radius 2 is 1.93 bits per heavy atom. The van der Waals surface area contributed by atoms with Crippen molar-refractivity contribution in [2.24, 2.45) is 0 Å². The van der Waals surface area contributed by atoms with E-state index in [2.05, 4.69) is 10.3 Å². The predicted octanol–water partition coefficient (Wildman–Crippen LogP) is 3.81. The highest BCUT2D eigenvalue weighted by Gasteiger charge is 2.17. The molecule has 0 fully saturated rings. The Balaban J connectivity index is 1.91. The molecule has 6 nitrogen and oxygen atoms in total. The summed E-state index contributed by atoms with van der Waals surface area (Å²) in [4.78, 5) is 16.7. The molecule has 0 saturated heterocycles. The lowest BCUT2D eigenvalue weighted by atomic mass is 10.1. The fourth-order valence-electron chi connectivity index (χ4n) is 2.97. The number of nitrogens with zero attached hydrogens (tertiary/aromatic N) is 2. The molecule has 0 aliphatic heterocycles. The van der Waals surface area contributed by atoms with Crippen molar-refractivity contribution in [1.82, 2.24) is 10.3 Å². The Bertz CT molecular complexity index is 1010. The third-order valence-electron chi connectivity index (χ3n) is 4.54. The number of rotatable bonds is 7. The first-order chi connectivity index (χ1) is 14.0. The molecule has 1 aromatic heterocycles. The van der Waals surface area contributed by atoms with E-state index in [4.69, 9.17) is 0 Å². The van der Waals surface area contributed by atoms with E-state index in [1.807, 2.05) is 32.0 Å². The summed E-state index contributed by atoms with van der Waals surface area (Å²) in [5.74, 6) is -0.279. The summed E-state index contributed by atoms with van der Waals surface area (Å²) >= 11 is -2.54. The second-order valence-corrected chi connectivity index (χ2v) is 7.39. The molecule has 0 radical (unpaired) electrons. The van der Waals surface area contributed by atoms with Gasteiger partial charge in [0.05, 0.1) is 22.6 Å². The average molecular weight is 409 g/mol. The van der Waals surface area contributed by atoms with Gasteiger partial charge in [-0.15, -0.1) is 0 Å². The fraction of sp³-hybridized carbons (Fsp3) is 0.182. The van der Waals surface area contributed by atoms with Gasteiger partial charge in [-0.1, -0.05) is 36.8 Å². The van der Waals surface area contributed by atoms with Crippen LogP contribution in [0.5, 0.6) is 0 Å². The molecular weight excluding hydrogens is 386 g/mol. The Morgan fingerprint density at radius 1 is 1.17 bits per heavy atom. The lowest BCUT2D eigenvalue weighted by molar-refractivity contribution is 0.0951. The zero-order valence-electron chi connectivity index (χ0n) is 16.3. The number of aromatic nitrogens is 1. The Morgan fingerprint density at radius 3 is 2.55 bits per heavy atom. The largest absolute Gasteiger partial charge is 0.755 e. The summed E-state index contributed by atoms with van der Waals surface area (Å²) < 4.78 is 25.3. The van der Waals surface area contributed by atoms with Crippen molar-refractivity contribution >= 4 is 28.5 Å². The van der Waals surface area contributed by atoms with Crippen LogP contribution in [0.15, 0.2) is 67.0 Å². The highest BCUT2D eigenvalue weighted by Crippen LogP contribution is 2.31. The minimum atomic E-state index is -2.54. The van der Waals surface area contributed by atoms with Gasteiger partial charge in [0.2, 0.25) is 0 Å². The Hall–Kier alpha value is -3.03. The molecule has 0 bridgehead atoms. The molecule has 0 spiro atoms. The van der Waals surface area contributed by atoms with Gasteiger partial charge in [-0.3, -0.25) is 18.3 Å². The first-order valence-electron chi connectivity index (χ1n) is 9.25. The predicted molar refractivity (Wildman–Crippen MR) is 113 cm³/mol. The Labute approximate surface area is 173 Å². The van der Waals surface area contributed by atoms with Crippen LogP contribution >= 0.6 is 0 Å². The summed E-state index contributed by atoms with van der Waals surface area (Å²) in [7, 11) is 0. The van der Waals surface area contributed by atoms with Gasteiger partial charge >= 0.3 is 0 Å². The molecule has 1 amide bonds. The maximum absolute atomic E-state index is 12.6. The van der Waals surface area contributed by atoms with Crippen molar-refractivity contribution in [3.05, 3.63) is 89.2 Å². The fourth-order valence-corrected chi connectivity index (χ4v) is 3.59. The molecular formula is C22H22N3O3S-. The molecule has 0 aliphatic carbocycles. The number of hydrogen-bond donors (Lipinski definition) is 1. The molecule has 1 N–H and O–H groups in total. The van der Waals surface area contributed by atoms with Crippen LogP contribution in [0.25, 0.3) is 0 Å². The quantitative estimate of drug-likeness (QED) is 0.602. The van der Waals surface area contributed by atoms with Gasteiger partial charge in [0.25, 0.3) is 5.91 Å². The van der Waals surface area contributed by atoms with Gasteiger partial charge in [-0.05, 0) is 54.8 Å². The van der Waals surface area contributed by atoms with E-state index in [0.717, 1.165) is 16.7 Å². The molecule has 1 unspecified atom stereocenters. The normalized spacial score (nSPS) is 11.7. The number of amides is 1. The lowest BCUT2D eigenvalue weighted by Crippen LogP contribution is -2.25. The van der Waals surface area contributed by atoms with Crippen LogP contribution < -0.4 is 9.62 Å². The summed E-state index contributed by atoms with van der Waals surface area (Å²) in [5.41, 5.74) is 4.13. The highest BCUT2D eigenvalue weighted by atomic mass is 32.2. The molecule has 3 rings (SSSR count). The molecule has 0 saturated carbocycles. The van der Waals surface area contributed by atoms with Crippen molar-refractivity contribution in [2.75, 3.05) is 4.31 Å². The molecule has 7 heteroatoms. The number of aryl methyl sites for hydroxylation is 2. The lowest BCUT2D eigenvalue weighted by Gasteiger charge is -2.29. The van der Waals surface area contributed by atoms with Crippen LogP contribution in [-0.2, 0) is 24.2 Å². The zero-order valence-corrected chi connectivity index (χ0v) is 17.1. The monoisotopic (exact) mass is 408 g/mol. The first-order valence-corrected chi connectivity index (χ1v) is 10.3. The number of hydrogen-bond acceptors (Lipinski definition) is 4. The number of benzene rings is 2. The standard InChI is InChI=1S/C22H23N3O3S/c1-3-18-8-9-19(22(26)24-15-17-5-4-12-23-14-17)13-21(18)25(29(27)28)20-10-6-16(2)7-11-20/h4-14H,3,15H2,1-2H3,(H,24,26)(H,27,28)/p-1. The van der Waals surface area contributed by atoms with Crippen LogP contribution in [0, 0.1) is 6.92 Å². The average Bonchev–Trinajstić information content (AvgIpc) is 2.74. The molecule has 3 aromatic rings. The van der Waals surface area contributed by atoms with Gasteiger partial charge < -0.3 is 9.87 Å². The van der Waals surface area contributed by atoms with Crippen molar-refractivity contribution in [1.29, 1.82) is 0 Å². The Kier molecular flexibility index (Phi) is 6.74. The van der Waals surface area contributed by atoms with Crippen LogP contribution in [0.1, 0.15) is 34.0 Å². The van der Waals surface area contributed by atoms with Crippen molar-refractivity contribution in [2.45, 2.75) is 26.8 Å². The van der Waals surface area contributed by atoms with Crippen molar-refractivity contribution in [3.63, 3.8) is 0 Å². The molecule has 29 heavy (non-hydrogen) atoms. The van der Waals surface area contributed by atoms with Crippen LogP contribution in [0.4, 0.5) is 11.4 Å². The number of anilines is 2. The van der Waals surface area contributed by atoms with E-state index in [-0.39, 0.29) is 5.91 Å². The van der Waals surface area contributed by atoms with Crippen LogP contribution in [-0.4, -0.2) is 19.7 Å². The summed E-state index contributed by atoms with van der Waals surface area (Å²) in [6.07, 6.45) is 3.99. The molecule has 0 aliphatic rings. The molecule has 2 aromatic carbocycles. The summed E-state index contributed by atoms with van der Waals surface area (Å²) in [5, 5.41) is 2.84. The third kappa shape index (κ3) is 5.07. The van der Waals surface area contributed by atoms with Gasteiger partial charge in [-0.25, -0.2) is 0 Å². The molecule has 1 heterocycles. The smallest absolute Gasteiger partial charge is 0.251 e. The SMILES string of the molecule is CCc1ccc(C(=O)NCc2cccnc2)cc1N(c1ccc(C)cc1)S(=O)[O-]. The zero-order chi connectivity index (χ0) is 20.8. The van der Waals surface area contributed by atoms with E-state index in [1.54, 1.807) is 48.8 Å². The number of carbonyl (C=O) groups excluding carboxylic acids is 1. The van der Waals surface area contributed by atoms with E-state index >= 15 is 0 Å². The molecule has 150 valence electrons. The maximum atomic E-state index is 12.6. The number of pyridine rings is 1. The number of nitrogens with one attached hydrogen (secondary N) is 1. The third-order valence-corrected chi connectivity index (χ3v) is 5.25. The van der Waals surface area contributed by atoms with Gasteiger partial charge in [0.1, 0.15) is 0 Å². The van der Waals surface area contributed by atoms with Gasteiger partial charge in [0, 0.05) is 24.5 Å². The second kappa shape index (κ2) is 9.45. The van der Waals surface area contributed by atoms with E-state index < -0.39 is 11.3 Å². The van der Waals surface area contributed by atoms with Gasteiger partial charge in [0.15, 0.2) is 0 Å². The highest BCUT2D eigenvalue weighted by molar-refractivity contribution is 7.81. The van der Waals surface area contributed by atoms with Crippen LogP contribution in [0.2, 0.25) is 0 Å². The minimum Gasteiger partial charge on any atom is -0.755 e. The minimum absolute atomic E-state index is 0.279. The summed E-state index contributed by atoms with van der Waals surface area (Å²) in [6.45, 7) is 4.22. The second-order valence-electron chi connectivity index (χ2n) is 6.59. The van der Waals surface area contributed by atoms with Crippen LogP contribution in [0.3, 0.4) is 0 Å². The van der Waals surface area contributed by atoms with E-state index in [9.17, 15) is 13.6 Å². The van der Waals surface area contributed by atoms with E-state index in [1.165, 1.54) is 4.31 Å². The van der Waals surface area contributed by atoms with E-state index in [0.29, 0.717) is 29.9 Å². The van der Waals surface area contributed by atoms with Crippen molar-refractivity contribution < 1.29 is 13.6 Å². The maximum Gasteiger partial charge on any atom is 0.251 e. The number of carbonyl (C=O) groups is 1. The molecule has 1 atom stereocenters. The van der Waals surface area contributed by atoms with Crippen molar-refractivity contribution in [3.8, 4) is 0 Å².